The maximum Gasteiger partial charge on any atom is 0.262 e. The van der Waals surface area contributed by atoms with Crippen molar-refractivity contribution in [2.75, 3.05) is 44.2 Å². The highest BCUT2D eigenvalue weighted by Gasteiger charge is 2.44. The van der Waals surface area contributed by atoms with Gasteiger partial charge in [0.05, 0.1) is 35.9 Å². The fourth-order valence-electron chi connectivity index (χ4n) is 8.31. The molecule has 3 aromatic carbocycles. The summed E-state index contributed by atoms with van der Waals surface area (Å²) in [7, 11) is 0. The minimum absolute atomic E-state index is 0.0335. The average Bonchev–Trinajstić information content (AvgIpc) is 3.49. The van der Waals surface area contributed by atoms with Gasteiger partial charge in [-0.25, -0.2) is 4.85 Å². The Kier molecular flexibility index (Phi) is 11.3. The van der Waals surface area contributed by atoms with E-state index in [1.54, 1.807) is 36.5 Å². The van der Waals surface area contributed by atoms with Crippen LogP contribution >= 0.6 is 0 Å². The van der Waals surface area contributed by atoms with E-state index in [9.17, 15) is 24.0 Å². The molecule has 298 valence electrons. The van der Waals surface area contributed by atoms with Gasteiger partial charge in [-0.15, -0.1) is 0 Å². The number of nitrogens with zero attached hydrogens (tertiary/aromatic N) is 5. The predicted octanol–water partition coefficient (Wildman–Crippen LogP) is 5.29. The molecule has 5 amide bonds. The van der Waals surface area contributed by atoms with Gasteiger partial charge in [-0.3, -0.25) is 44.1 Å². The summed E-state index contributed by atoms with van der Waals surface area (Å²) in [6.07, 6.45) is 7.07. The number of piperazine rings is 1. The van der Waals surface area contributed by atoms with Crippen molar-refractivity contribution in [2.24, 2.45) is 0 Å². The number of anilines is 1. The standard InChI is InChI=1S/C44H45N7O7/c1-45-36-16-18-38(34-5-4-20-46-40(34)36)58-32-13-8-29(9-14-32)47-41(53)28-6-11-31(12-7-28)57-26-3-2-21-49-22-24-50(25-23-49)30-10-15-33-35(27-30)44(56)51(43(33)55)37-17-19-39(52)48-42(37)54/h4-7,10-12,15-16,18,20,27,29,32,37H,2-3,8-9,13-14,17,19,21-26H2,(H,47,53)(H,48,52,54). The highest BCUT2D eigenvalue weighted by molar-refractivity contribution is 6.23. The number of carbonyl (C=O) groups excluding carboxylic acids is 5. The lowest BCUT2D eigenvalue weighted by atomic mass is 9.92. The fourth-order valence-corrected chi connectivity index (χ4v) is 8.31. The van der Waals surface area contributed by atoms with E-state index < -0.39 is 29.7 Å². The molecule has 4 aromatic rings. The van der Waals surface area contributed by atoms with Crippen LogP contribution in [0, 0.1) is 6.57 Å². The van der Waals surface area contributed by atoms with Crippen LogP contribution in [0.1, 0.15) is 82.4 Å². The number of amides is 5. The summed E-state index contributed by atoms with van der Waals surface area (Å²) in [5.74, 6) is -0.640. The number of benzene rings is 3. The summed E-state index contributed by atoms with van der Waals surface area (Å²) in [6, 6.07) is 19.0. The van der Waals surface area contributed by atoms with E-state index in [-0.39, 0.29) is 36.5 Å². The van der Waals surface area contributed by atoms with Crippen LogP contribution in [-0.2, 0) is 9.59 Å². The summed E-state index contributed by atoms with van der Waals surface area (Å²) >= 11 is 0. The number of piperidine rings is 1. The normalized spacial score (nSPS) is 21.1. The van der Waals surface area contributed by atoms with Gasteiger partial charge in [0.25, 0.3) is 17.7 Å². The number of ether oxygens (including phenoxy) is 2. The van der Waals surface area contributed by atoms with Gasteiger partial charge in [0, 0.05) is 61.5 Å². The highest BCUT2D eigenvalue weighted by atomic mass is 16.5. The van der Waals surface area contributed by atoms with Crippen LogP contribution in [-0.4, -0.2) is 102 Å². The number of carbonyl (C=O) groups is 5. The zero-order chi connectivity index (χ0) is 40.2. The van der Waals surface area contributed by atoms with Crippen molar-refractivity contribution in [3.05, 3.63) is 101 Å². The van der Waals surface area contributed by atoms with E-state index >= 15 is 0 Å². The van der Waals surface area contributed by atoms with Crippen molar-refractivity contribution in [1.82, 2.24) is 25.4 Å². The third-order valence-electron chi connectivity index (χ3n) is 11.5. The topological polar surface area (TPSA) is 155 Å². The van der Waals surface area contributed by atoms with E-state index in [4.69, 9.17) is 16.0 Å². The van der Waals surface area contributed by atoms with E-state index in [2.05, 4.69) is 30.3 Å². The molecule has 0 spiro atoms. The molecule has 1 aliphatic carbocycles. The van der Waals surface area contributed by atoms with E-state index in [1.807, 2.05) is 36.4 Å². The van der Waals surface area contributed by atoms with Crippen LogP contribution in [0.3, 0.4) is 0 Å². The van der Waals surface area contributed by atoms with Gasteiger partial charge < -0.3 is 19.7 Å². The largest absolute Gasteiger partial charge is 0.494 e. The van der Waals surface area contributed by atoms with Gasteiger partial charge in [0.1, 0.15) is 17.5 Å². The molecule has 58 heavy (non-hydrogen) atoms. The maximum absolute atomic E-state index is 13.3. The molecular formula is C44H45N7O7. The van der Waals surface area contributed by atoms with Crippen LogP contribution in [0.2, 0.25) is 0 Å². The first-order chi connectivity index (χ1) is 28.2. The van der Waals surface area contributed by atoms with Crippen molar-refractivity contribution in [2.45, 2.75) is 69.6 Å². The summed E-state index contributed by atoms with van der Waals surface area (Å²) in [5.41, 5.74) is 3.20. The Labute approximate surface area is 336 Å². The number of imide groups is 2. The van der Waals surface area contributed by atoms with Gasteiger partial charge in [0.2, 0.25) is 17.5 Å². The highest BCUT2D eigenvalue weighted by Crippen LogP contribution is 2.35. The zero-order valence-corrected chi connectivity index (χ0v) is 32.2. The molecule has 8 rings (SSSR count). The molecule has 4 aliphatic rings. The zero-order valence-electron chi connectivity index (χ0n) is 32.2. The second-order valence-electron chi connectivity index (χ2n) is 15.2. The van der Waals surface area contributed by atoms with Crippen LogP contribution < -0.4 is 25.0 Å². The minimum atomic E-state index is -0.977. The summed E-state index contributed by atoms with van der Waals surface area (Å²) < 4.78 is 12.3. The molecule has 14 heteroatoms. The summed E-state index contributed by atoms with van der Waals surface area (Å²) in [6.45, 7) is 12.2. The molecule has 1 atom stereocenters. The molecule has 0 radical (unpaired) electrons. The molecule has 1 unspecified atom stereocenters. The average molecular weight is 784 g/mol. The van der Waals surface area contributed by atoms with Crippen molar-refractivity contribution >= 4 is 51.8 Å². The fraction of sp³-hybridized carbons (Fsp3) is 0.386. The second-order valence-corrected chi connectivity index (χ2v) is 15.2. The minimum Gasteiger partial charge on any atom is -0.494 e. The molecule has 4 heterocycles. The lowest BCUT2D eigenvalue weighted by molar-refractivity contribution is -0.136. The maximum atomic E-state index is 13.3. The van der Waals surface area contributed by atoms with Gasteiger partial charge >= 0.3 is 0 Å². The van der Waals surface area contributed by atoms with Crippen LogP contribution in [0.5, 0.6) is 11.5 Å². The number of nitrogens with one attached hydrogen (secondary N) is 2. The first-order valence-corrected chi connectivity index (χ1v) is 20.0. The number of pyridine rings is 1. The Morgan fingerprint density at radius 3 is 2.41 bits per heavy atom. The van der Waals surface area contributed by atoms with Crippen molar-refractivity contribution in [3.63, 3.8) is 0 Å². The number of hydrogen-bond donors (Lipinski definition) is 2. The second kappa shape index (κ2) is 17.0. The molecule has 3 fully saturated rings. The Bertz CT molecular complexity index is 2270. The summed E-state index contributed by atoms with van der Waals surface area (Å²) in [4.78, 5) is 76.9. The number of hydrogen-bond acceptors (Lipinski definition) is 10. The first-order valence-electron chi connectivity index (χ1n) is 20.0. The van der Waals surface area contributed by atoms with Gasteiger partial charge in [0.15, 0.2) is 0 Å². The van der Waals surface area contributed by atoms with Crippen molar-refractivity contribution < 1.29 is 33.4 Å². The van der Waals surface area contributed by atoms with E-state index in [0.29, 0.717) is 28.9 Å². The SMILES string of the molecule is [C-]#[N+]c1ccc(OC2CCC(NC(=O)c3ccc(OCCCCN4CCN(c5ccc6c(c5)C(=O)N(C5CCC(=O)NC5=O)C6=O)CC4)cc3)CC2)c2cccnc12. The van der Waals surface area contributed by atoms with E-state index in [1.165, 1.54) is 0 Å². The molecule has 3 aliphatic heterocycles. The quantitative estimate of drug-likeness (QED) is 0.110. The molecule has 2 N–H and O–H groups in total. The monoisotopic (exact) mass is 783 g/mol. The van der Waals surface area contributed by atoms with Gasteiger partial charge in [-0.05, 0) is 112 Å². The lowest BCUT2D eigenvalue weighted by Crippen LogP contribution is -2.54. The molecule has 14 nitrogen and oxygen atoms in total. The third kappa shape index (κ3) is 8.22. The van der Waals surface area contributed by atoms with Crippen LogP contribution in [0.4, 0.5) is 11.4 Å². The molecular weight excluding hydrogens is 739 g/mol. The lowest BCUT2D eigenvalue weighted by Gasteiger charge is -2.36. The van der Waals surface area contributed by atoms with Crippen LogP contribution in [0.25, 0.3) is 15.7 Å². The van der Waals surface area contributed by atoms with E-state index in [0.717, 1.165) is 98.7 Å². The van der Waals surface area contributed by atoms with Crippen LogP contribution in [0.15, 0.2) is 72.9 Å². The number of unbranched alkanes of at least 4 members (excludes halogenated alkanes) is 1. The molecule has 1 saturated carbocycles. The molecule has 1 aromatic heterocycles. The first kappa shape index (κ1) is 38.5. The van der Waals surface area contributed by atoms with Gasteiger partial charge in [-0.2, -0.15) is 0 Å². The summed E-state index contributed by atoms with van der Waals surface area (Å²) in [5, 5.41) is 6.25. The van der Waals surface area contributed by atoms with Gasteiger partial charge in [-0.1, -0.05) is 6.07 Å². The number of aromatic nitrogens is 1. The molecule has 0 bridgehead atoms. The Balaban J connectivity index is 0.720. The smallest absolute Gasteiger partial charge is 0.262 e. The Hall–Kier alpha value is -6.33. The predicted molar refractivity (Wildman–Crippen MR) is 215 cm³/mol. The third-order valence-corrected chi connectivity index (χ3v) is 11.5. The van der Waals surface area contributed by atoms with Crippen molar-refractivity contribution in [1.29, 1.82) is 0 Å². The number of fused-ring (bicyclic) bond motifs is 2. The number of rotatable bonds is 12. The van der Waals surface area contributed by atoms with Crippen molar-refractivity contribution in [3.8, 4) is 11.5 Å². The Morgan fingerprint density at radius 2 is 1.66 bits per heavy atom. The molecule has 2 saturated heterocycles. The Morgan fingerprint density at radius 1 is 0.879 bits per heavy atom.